The lowest BCUT2D eigenvalue weighted by atomic mass is 10.1. The zero-order chi connectivity index (χ0) is 15.2. The van der Waals surface area contributed by atoms with E-state index >= 15 is 0 Å². The Morgan fingerprint density at radius 3 is 2.90 bits per heavy atom. The first-order valence-corrected chi connectivity index (χ1v) is 6.34. The molecule has 0 atom stereocenters. The highest BCUT2D eigenvalue weighted by Gasteiger charge is 2.16. The minimum absolute atomic E-state index is 0.0899. The molecule has 0 aliphatic heterocycles. The molecule has 0 radical (unpaired) electrons. The second kappa shape index (κ2) is 6.62. The summed E-state index contributed by atoms with van der Waals surface area (Å²) in [4.78, 5) is 12.6. The van der Waals surface area contributed by atoms with Crippen molar-refractivity contribution in [3.05, 3.63) is 36.1 Å². The fraction of sp³-hybridized carbons (Fsp3) is 0.167. The summed E-state index contributed by atoms with van der Waals surface area (Å²) in [5, 5.41) is 4.14. The van der Waals surface area contributed by atoms with E-state index in [1.54, 1.807) is 25.2 Å². The van der Waals surface area contributed by atoms with Crippen LogP contribution in [-0.4, -0.2) is 35.1 Å². The van der Waals surface area contributed by atoms with E-state index in [9.17, 15) is 0 Å². The number of oxime groups is 1. The lowest BCUT2D eigenvalue weighted by Crippen LogP contribution is -2.25. The fourth-order valence-electron chi connectivity index (χ4n) is 1.46. The molecule has 1 heterocycles. The number of rotatable bonds is 5. The Morgan fingerprint density at radius 1 is 1.45 bits per heavy atom. The number of hydrogen-bond acceptors (Lipinski definition) is 7. The van der Waals surface area contributed by atoms with Crippen LogP contribution in [0.4, 0.5) is 0 Å². The van der Waals surface area contributed by atoms with E-state index in [4.69, 9.17) is 16.7 Å². The number of benzene rings is 1. The van der Waals surface area contributed by atoms with E-state index in [0.29, 0.717) is 17.0 Å². The van der Waals surface area contributed by atoms with Crippen molar-refractivity contribution in [2.45, 2.75) is 0 Å². The molecule has 20 heavy (non-hydrogen) atoms. The molecule has 0 saturated heterocycles. The van der Waals surface area contributed by atoms with Crippen LogP contribution >= 0.6 is 11.5 Å². The summed E-state index contributed by atoms with van der Waals surface area (Å²) >= 11 is 0.989. The number of aliphatic imine (C=N–C) groups is 1. The van der Waals surface area contributed by atoms with E-state index in [0.717, 1.165) is 11.5 Å². The average molecular weight is 292 g/mol. The quantitative estimate of drug-likeness (QED) is 0.514. The fourth-order valence-corrected chi connectivity index (χ4v) is 1.83. The molecule has 0 saturated carbocycles. The average Bonchev–Trinajstić information content (AvgIpc) is 2.90. The van der Waals surface area contributed by atoms with Crippen molar-refractivity contribution < 1.29 is 10.9 Å². The number of ether oxygens (including phenoxy) is 1. The standard InChI is InChI=1S/C12H13N5O2S/c1-14-11(13)10(17-18-2)8-5-3-4-6-9(8)19-12-15-7-16-20-12/h3-7H,1-2H3,(H2,13,14)/i7D. The predicted molar refractivity (Wildman–Crippen MR) is 77.5 cm³/mol. The highest BCUT2D eigenvalue weighted by atomic mass is 32.1. The van der Waals surface area contributed by atoms with E-state index in [2.05, 4.69) is 19.5 Å². The second-order valence-corrected chi connectivity index (χ2v) is 4.20. The SMILES string of the molecule is [2H]c1nsc(Oc2ccccc2C(=NOC)C(N)=NC)n1. The minimum Gasteiger partial charge on any atom is -0.429 e. The molecule has 1 aromatic carbocycles. The van der Waals surface area contributed by atoms with Crippen LogP contribution < -0.4 is 10.5 Å². The Bertz CT molecular complexity index is 686. The molecule has 0 aliphatic rings. The van der Waals surface area contributed by atoms with Gasteiger partial charge in [-0.15, -0.1) is 0 Å². The van der Waals surface area contributed by atoms with Crippen molar-refractivity contribution in [2.75, 3.05) is 14.2 Å². The van der Waals surface area contributed by atoms with Crippen LogP contribution in [0.15, 0.2) is 40.7 Å². The number of para-hydroxylation sites is 1. The van der Waals surface area contributed by atoms with Crippen LogP contribution in [0.1, 0.15) is 6.93 Å². The van der Waals surface area contributed by atoms with Crippen molar-refractivity contribution in [3.8, 4) is 10.9 Å². The molecular weight excluding hydrogens is 278 g/mol. The van der Waals surface area contributed by atoms with Crippen LogP contribution in [0, 0.1) is 0 Å². The third kappa shape index (κ3) is 3.09. The van der Waals surface area contributed by atoms with Gasteiger partial charge in [0.25, 0.3) is 5.19 Å². The van der Waals surface area contributed by atoms with E-state index in [-0.39, 0.29) is 17.3 Å². The predicted octanol–water partition coefficient (Wildman–Crippen LogP) is 1.67. The summed E-state index contributed by atoms with van der Waals surface area (Å²) in [7, 11) is 2.98. The van der Waals surface area contributed by atoms with Gasteiger partial charge in [-0.1, -0.05) is 17.3 Å². The van der Waals surface area contributed by atoms with Gasteiger partial charge in [0.2, 0.25) is 0 Å². The highest BCUT2D eigenvalue weighted by molar-refractivity contribution is 7.07. The molecule has 2 N–H and O–H groups in total. The molecule has 7 nitrogen and oxygen atoms in total. The van der Waals surface area contributed by atoms with E-state index in [1.807, 2.05) is 6.07 Å². The number of nitrogens with two attached hydrogens (primary N) is 1. The molecule has 1 aromatic heterocycles. The van der Waals surface area contributed by atoms with E-state index in [1.165, 1.54) is 7.11 Å². The molecule has 2 aromatic rings. The summed E-state index contributed by atoms with van der Waals surface area (Å²) in [6, 6.07) is 7.11. The zero-order valence-corrected chi connectivity index (χ0v) is 11.7. The third-order valence-corrected chi connectivity index (χ3v) is 2.82. The maximum Gasteiger partial charge on any atom is 0.298 e. The van der Waals surface area contributed by atoms with Gasteiger partial charge in [0.15, 0.2) is 5.71 Å². The Hall–Kier alpha value is -2.48. The summed E-state index contributed by atoms with van der Waals surface area (Å²) < 4.78 is 16.7. The zero-order valence-electron chi connectivity index (χ0n) is 11.9. The smallest absolute Gasteiger partial charge is 0.298 e. The van der Waals surface area contributed by atoms with Gasteiger partial charge in [0.1, 0.15) is 26.4 Å². The summed E-state index contributed by atoms with van der Waals surface area (Å²) in [5.41, 5.74) is 6.78. The maximum absolute atomic E-state index is 7.31. The topological polar surface area (TPSA) is 95.0 Å². The number of aromatic nitrogens is 2. The Kier molecular flexibility index (Phi) is 4.15. The number of nitrogens with zero attached hydrogens (tertiary/aromatic N) is 4. The molecular formula is C12H13N5O2S. The Balaban J connectivity index is 2.42. The van der Waals surface area contributed by atoms with Gasteiger partial charge < -0.3 is 15.3 Å². The van der Waals surface area contributed by atoms with Gasteiger partial charge in [-0.2, -0.15) is 9.36 Å². The van der Waals surface area contributed by atoms with Gasteiger partial charge >= 0.3 is 0 Å². The molecule has 8 heteroatoms. The molecule has 0 bridgehead atoms. The number of hydrogen-bond donors (Lipinski definition) is 1. The summed E-state index contributed by atoms with van der Waals surface area (Å²) in [5.74, 6) is 0.683. The second-order valence-electron chi connectivity index (χ2n) is 3.49. The lowest BCUT2D eigenvalue weighted by molar-refractivity contribution is 0.214. The van der Waals surface area contributed by atoms with Crippen molar-refractivity contribution in [1.82, 2.24) is 9.36 Å². The Labute approximate surface area is 121 Å². The number of amidine groups is 1. The first-order valence-electron chi connectivity index (χ1n) is 6.07. The summed E-state index contributed by atoms with van der Waals surface area (Å²) in [6.45, 7) is 0. The van der Waals surface area contributed by atoms with Gasteiger partial charge in [-0.25, -0.2) is 0 Å². The van der Waals surface area contributed by atoms with Gasteiger partial charge in [0.05, 0.1) is 5.56 Å². The maximum atomic E-state index is 7.31. The van der Waals surface area contributed by atoms with Gasteiger partial charge in [0, 0.05) is 18.6 Å². The lowest BCUT2D eigenvalue weighted by Gasteiger charge is -2.10. The Morgan fingerprint density at radius 2 is 2.25 bits per heavy atom. The van der Waals surface area contributed by atoms with Crippen molar-refractivity contribution in [2.24, 2.45) is 15.9 Å². The van der Waals surface area contributed by atoms with Crippen molar-refractivity contribution in [1.29, 1.82) is 0 Å². The molecule has 0 spiro atoms. The van der Waals surface area contributed by atoms with Crippen LogP contribution in [0.25, 0.3) is 0 Å². The summed E-state index contributed by atoms with van der Waals surface area (Å²) in [6.07, 6.45) is -0.0899. The molecule has 0 amide bonds. The normalized spacial score (nSPS) is 13.0. The largest absolute Gasteiger partial charge is 0.429 e. The third-order valence-electron chi connectivity index (χ3n) is 2.31. The van der Waals surface area contributed by atoms with Crippen LogP contribution in [0.5, 0.6) is 10.9 Å². The molecule has 0 aliphatic carbocycles. The van der Waals surface area contributed by atoms with Gasteiger partial charge in [-0.05, 0) is 12.1 Å². The van der Waals surface area contributed by atoms with Crippen LogP contribution in [0.3, 0.4) is 0 Å². The van der Waals surface area contributed by atoms with Crippen LogP contribution in [-0.2, 0) is 4.84 Å². The molecule has 0 unspecified atom stereocenters. The first-order chi connectivity index (χ1) is 10.2. The highest BCUT2D eigenvalue weighted by Crippen LogP contribution is 2.26. The van der Waals surface area contributed by atoms with Crippen molar-refractivity contribution in [3.63, 3.8) is 0 Å². The molecule has 104 valence electrons. The molecule has 0 fully saturated rings. The monoisotopic (exact) mass is 292 g/mol. The van der Waals surface area contributed by atoms with Crippen LogP contribution in [0.2, 0.25) is 0 Å². The first kappa shape index (κ1) is 12.5. The van der Waals surface area contributed by atoms with Gasteiger partial charge in [-0.3, -0.25) is 4.99 Å². The minimum atomic E-state index is -0.0899. The van der Waals surface area contributed by atoms with E-state index < -0.39 is 0 Å². The van der Waals surface area contributed by atoms with Crippen molar-refractivity contribution >= 4 is 23.1 Å². The molecule has 2 rings (SSSR count).